The lowest BCUT2D eigenvalue weighted by Gasteiger charge is -2.13. The number of fused-ring (bicyclic) bond motifs is 1. The van der Waals surface area contributed by atoms with Gasteiger partial charge in [0.15, 0.2) is 11.5 Å². The molecular formula is C16H29N5O2. The van der Waals surface area contributed by atoms with E-state index in [2.05, 4.69) is 28.8 Å². The Morgan fingerprint density at radius 3 is 2.57 bits per heavy atom. The van der Waals surface area contributed by atoms with Crippen molar-refractivity contribution in [3.05, 3.63) is 16.8 Å². The van der Waals surface area contributed by atoms with Crippen LogP contribution in [-0.2, 0) is 4.74 Å². The van der Waals surface area contributed by atoms with Gasteiger partial charge in [0.1, 0.15) is 18.1 Å². The van der Waals surface area contributed by atoms with Crippen LogP contribution in [-0.4, -0.2) is 25.6 Å². The molecule has 7 heteroatoms. The van der Waals surface area contributed by atoms with Gasteiger partial charge in [-0.25, -0.2) is 19.3 Å². The van der Waals surface area contributed by atoms with Gasteiger partial charge in [-0.1, -0.05) is 41.5 Å². The molecule has 3 heterocycles. The average Bonchev–Trinajstić information content (AvgIpc) is 3.11. The van der Waals surface area contributed by atoms with E-state index in [-0.39, 0.29) is 23.8 Å². The smallest absolute Gasteiger partial charge is 0.329 e. The molecule has 1 fully saturated rings. The number of nitrogens with zero attached hydrogens (tertiary/aromatic N) is 3. The maximum Gasteiger partial charge on any atom is 0.329 e. The highest BCUT2D eigenvalue weighted by atomic mass is 16.5. The van der Waals surface area contributed by atoms with Crippen molar-refractivity contribution >= 4 is 17.0 Å². The van der Waals surface area contributed by atoms with Gasteiger partial charge in [-0.05, 0) is 18.8 Å². The Hall–Kier alpha value is -1.89. The molecule has 0 saturated carbocycles. The molecule has 1 aliphatic rings. The lowest BCUT2D eigenvalue weighted by Crippen LogP contribution is -2.22. The number of nitrogens with two attached hydrogens (primary N) is 1. The summed E-state index contributed by atoms with van der Waals surface area (Å²) in [5.41, 5.74) is 6.47. The summed E-state index contributed by atoms with van der Waals surface area (Å²) in [5, 5.41) is 0. The Morgan fingerprint density at radius 1 is 1.35 bits per heavy atom. The Labute approximate surface area is 137 Å². The fourth-order valence-electron chi connectivity index (χ4n) is 2.75. The van der Waals surface area contributed by atoms with E-state index >= 15 is 0 Å². The summed E-state index contributed by atoms with van der Waals surface area (Å²) in [4.78, 5) is 22.8. The summed E-state index contributed by atoms with van der Waals surface area (Å²) in [6.07, 6.45) is 3.00. The first-order valence-corrected chi connectivity index (χ1v) is 8.48. The van der Waals surface area contributed by atoms with E-state index in [0.717, 1.165) is 12.8 Å². The third-order valence-electron chi connectivity index (χ3n) is 3.77. The molecule has 3 atom stereocenters. The number of anilines is 1. The Balaban J connectivity index is 0.000000615. The van der Waals surface area contributed by atoms with Crippen molar-refractivity contribution in [1.82, 2.24) is 19.5 Å². The predicted molar refractivity (Wildman–Crippen MR) is 93.2 cm³/mol. The van der Waals surface area contributed by atoms with Crippen molar-refractivity contribution < 1.29 is 4.74 Å². The van der Waals surface area contributed by atoms with Gasteiger partial charge in [-0.3, -0.25) is 0 Å². The zero-order valence-corrected chi connectivity index (χ0v) is 15.0. The minimum Gasteiger partial charge on any atom is -0.382 e. The van der Waals surface area contributed by atoms with Crippen LogP contribution in [0.15, 0.2) is 11.1 Å². The summed E-state index contributed by atoms with van der Waals surface area (Å²) in [6, 6.07) is 0. The molecule has 2 aromatic rings. The fourth-order valence-corrected chi connectivity index (χ4v) is 2.75. The molecule has 23 heavy (non-hydrogen) atoms. The second-order valence-corrected chi connectivity index (χ2v) is 5.01. The van der Waals surface area contributed by atoms with Crippen LogP contribution >= 0.6 is 0 Å². The Bertz CT molecular complexity index is 664. The van der Waals surface area contributed by atoms with Gasteiger partial charge >= 0.3 is 5.69 Å². The first-order valence-electron chi connectivity index (χ1n) is 8.48. The third-order valence-corrected chi connectivity index (χ3v) is 3.77. The quantitative estimate of drug-likeness (QED) is 0.884. The Morgan fingerprint density at radius 2 is 2.00 bits per heavy atom. The van der Waals surface area contributed by atoms with Crippen molar-refractivity contribution in [1.29, 1.82) is 0 Å². The molecule has 7 nitrogen and oxygen atoms in total. The topological polar surface area (TPSA) is 98.8 Å². The van der Waals surface area contributed by atoms with E-state index in [0.29, 0.717) is 17.1 Å². The second-order valence-electron chi connectivity index (χ2n) is 5.01. The molecular weight excluding hydrogens is 294 g/mol. The largest absolute Gasteiger partial charge is 0.382 e. The normalized spacial score (nSPS) is 23.0. The number of aromatic nitrogens is 4. The molecule has 0 aromatic carbocycles. The van der Waals surface area contributed by atoms with Gasteiger partial charge in [0.05, 0.1) is 6.10 Å². The first kappa shape index (κ1) is 19.2. The predicted octanol–water partition coefficient (Wildman–Crippen LogP) is 3.09. The molecule has 1 saturated heterocycles. The highest BCUT2D eigenvalue weighted by Crippen LogP contribution is 2.35. The number of rotatable bonds is 2. The molecule has 130 valence electrons. The maximum absolute atomic E-state index is 12.1. The number of hydrogen-bond acceptors (Lipinski definition) is 5. The molecule has 3 rings (SSSR count). The van der Waals surface area contributed by atoms with Crippen LogP contribution in [0.4, 0.5) is 5.82 Å². The number of H-pyrrole nitrogens is 1. The number of nitrogen functional groups attached to an aromatic ring is 1. The van der Waals surface area contributed by atoms with Crippen LogP contribution in [0, 0.1) is 5.92 Å². The maximum atomic E-state index is 12.1. The summed E-state index contributed by atoms with van der Waals surface area (Å²) >= 11 is 0. The van der Waals surface area contributed by atoms with Crippen molar-refractivity contribution in [2.45, 2.75) is 66.7 Å². The Kier molecular flexibility index (Phi) is 7.22. The molecule has 0 bridgehead atoms. The molecule has 0 aliphatic carbocycles. The SMILES string of the molecule is CC.CC.CCC1O[C@@H](n2c(=O)[nH]c3c(N)ncnc32)CC1C. The van der Waals surface area contributed by atoms with Crippen molar-refractivity contribution in [2.75, 3.05) is 5.73 Å². The summed E-state index contributed by atoms with van der Waals surface area (Å²) < 4.78 is 7.48. The molecule has 1 aliphatic heterocycles. The van der Waals surface area contributed by atoms with Gasteiger partial charge in [0, 0.05) is 0 Å². The standard InChI is InChI=1S/C12H17N5O2.2C2H6/c1-3-7-6(2)4-8(19-7)17-11-9(16-12(17)18)10(13)14-5-15-11;2*1-2/h5-8H,3-4H2,1-2H3,(H,16,18)(H2,13,14,15);2*1-2H3/t6?,7?,8-;;/m1../s1. The summed E-state index contributed by atoms with van der Waals surface area (Å²) in [5.74, 6) is 0.699. The van der Waals surface area contributed by atoms with E-state index in [1.54, 1.807) is 4.57 Å². The van der Waals surface area contributed by atoms with Crippen LogP contribution < -0.4 is 11.4 Å². The van der Waals surface area contributed by atoms with Gasteiger partial charge in [0.2, 0.25) is 0 Å². The van der Waals surface area contributed by atoms with E-state index < -0.39 is 0 Å². The zero-order valence-electron chi connectivity index (χ0n) is 15.0. The van der Waals surface area contributed by atoms with Gasteiger partial charge in [-0.15, -0.1) is 0 Å². The molecule has 0 amide bonds. The minimum absolute atomic E-state index is 0.182. The van der Waals surface area contributed by atoms with Crippen molar-refractivity contribution in [3.63, 3.8) is 0 Å². The van der Waals surface area contributed by atoms with Gasteiger partial charge in [-0.2, -0.15) is 0 Å². The van der Waals surface area contributed by atoms with Crippen LogP contribution in [0.3, 0.4) is 0 Å². The average molecular weight is 323 g/mol. The molecule has 3 N–H and O–H groups in total. The number of hydrogen-bond donors (Lipinski definition) is 2. The monoisotopic (exact) mass is 323 g/mol. The van der Waals surface area contributed by atoms with E-state index in [1.165, 1.54) is 6.33 Å². The molecule has 0 spiro atoms. The van der Waals surface area contributed by atoms with Gasteiger partial charge in [0.25, 0.3) is 0 Å². The van der Waals surface area contributed by atoms with Gasteiger partial charge < -0.3 is 15.5 Å². The number of aromatic amines is 1. The number of nitrogens with one attached hydrogen (secondary N) is 1. The first-order chi connectivity index (χ1) is 11.1. The highest BCUT2D eigenvalue weighted by Gasteiger charge is 2.34. The molecule has 0 radical (unpaired) electrons. The fraction of sp³-hybridized carbons (Fsp3) is 0.688. The van der Waals surface area contributed by atoms with Crippen molar-refractivity contribution in [2.24, 2.45) is 5.92 Å². The van der Waals surface area contributed by atoms with Crippen LogP contribution in [0.1, 0.15) is 60.6 Å². The van der Waals surface area contributed by atoms with Crippen LogP contribution in [0.25, 0.3) is 11.2 Å². The van der Waals surface area contributed by atoms with Crippen LogP contribution in [0.2, 0.25) is 0 Å². The van der Waals surface area contributed by atoms with E-state index in [1.807, 2.05) is 27.7 Å². The second kappa shape index (κ2) is 8.67. The minimum atomic E-state index is -0.282. The number of ether oxygens (including phenoxy) is 1. The van der Waals surface area contributed by atoms with E-state index in [9.17, 15) is 4.79 Å². The van der Waals surface area contributed by atoms with Crippen molar-refractivity contribution in [3.8, 4) is 0 Å². The lowest BCUT2D eigenvalue weighted by molar-refractivity contribution is -0.00464. The van der Waals surface area contributed by atoms with E-state index in [4.69, 9.17) is 10.5 Å². The van der Waals surface area contributed by atoms with Crippen LogP contribution in [0.5, 0.6) is 0 Å². The molecule has 2 unspecified atom stereocenters. The zero-order chi connectivity index (χ0) is 17.6. The summed E-state index contributed by atoms with van der Waals surface area (Å²) in [7, 11) is 0. The third kappa shape index (κ3) is 3.72. The number of imidazole rings is 1. The summed E-state index contributed by atoms with van der Waals surface area (Å²) in [6.45, 7) is 12.2. The molecule has 2 aromatic heterocycles. The lowest BCUT2D eigenvalue weighted by atomic mass is 10.0. The highest BCUT2D eigenvalue weighted by molar-refractivity contribution is 5.81.